The first kappa shape index (κ1) is 20.9. The molecule has 0 aromatic heterocycles. The minimum Gasteiger partial charge on any atom is -0.270 e. The fraction of sp³-hybridized carbons (Fsp3) is 1.00. The SMILES string of the molecule is CC(C)(C)N(SSN(C(C)(C)C)P(N)(N)=O)P(N)(N)=O. The van der Waals surface area contributed by atoms with Crippen molar-refractivity contribution < 1.29 is 9.13 Å². The van der Waals surface area contributed by atoms with Gasteiger partial charge < -0.3 is 0 Å². The van der Waals surface area contributed by atoms with Crippen molar-refractivity contribution in [2.45, 2.75) is 52.6 Å². The summed E-state index contributed by atoms with van der Waals surface area (Å²) in [7, 11) is -4.91. The molecule has 8 nitrogen and oxygen atoms in total. The summed E-state index contributed by atoms with van der Waals surface area (Å²) in [5, 5.41) is 0. The maximum atomic E-state index is 12.0. The summed E-state index contributed by atoms with van der Waals surface area (Å²) in [6, 6.07) is 0. The topological polar surface area (TPSA) is 145 Å². The highest BCUT2D eigenvalue weighted by atomic mass is 33.1. The van der Waals surface area contributed by atoms with Crippen LogP contribution in [-0.2, 0) is 9.13 Å². The fourth-order valence-corrected chi connectivity index (χ4v) is 8.74. The molecule has 0 fully saturated rings. The Morgan fingerprint density at radius 2 is 0.900 bits per heavy atom. The summed E-state index contributed by atoms with van der Waals surface area (Å²) in [4.78, 5) is 0. The van der Waals surface area contributed by atoms with Crippen molar-refractivity contribution in [3.8, 4) is 0 Å². The Labute approximate surface area is 129 Å². The summed E-state index contributed by atoms with van der Waals surface area (Å²) in [6.45, 7) is 10.9. The zero-order chi connectivity index (χ0) is 16.6. The number of rotatable bonds is 5. The fourth-order valence-electron chi connectivity index (χ4n) is 1.33. The summed E-state index contributed by atoms with van der Waals surface area (Å²) in [5.41, 5.74) is 21.1. The van der Waals surface area contributed by atoms with Crippen LogP contribution in [0.3, 0.4) is 0 Å². The van der Waals surface area contributed by atoms with E-state index in [2.05, 4.69) is 0 Å². The van der Waals surface area contributed by atoms with Gasteiger partial charge in [-0.15, -0.1) is 0 Å². The molecule has 0 amide bonds. The Kier molecular flexibility index (Phi) is 6.88. The van der Waals surface area contributed by atoms with Crippen molar-refractivity contribution in [3.05, 3.63) is 0 Å². The molecule has 0 aliphatic heterocycles. The summed E-state index contributed by atoms with van der Waals surface area (Å²) < 4.78 is 26.7. The lowest BCUT2D eigenvalue weighted by atomic mass is 10.1. The molecule has 0 saturated carbocycles. The Bertz CT molecular complexity index is 384. The number of hydrogen-bond donors (Lipinski definition) is 4. The molecule has 0 aromatic rings. The molecule has 0 saturated heterocycles. The second kappa shape index (κ2) is 6.58. The van der Waals surface area contributed by atoms with E-state index in [0.29, 0.717) is 0 Å². The van der Waals surface area contributed by atoms with Crippen LogP contribution in [0.1, 0.15) is 41.5 Å². The lowest BCUT2D eigenvalue weighted by Gasteiger charge is -2.39. The van der Waals surface area contributed by atoms with E-state index in [1.54, 1.807) is 0 Å². The normalized spacial score (nSPS) is 15.2. The number of hydrogen-bond acceptors (Lipinski definition) is 4. The molecule has 0 aliphatic rings. The summed E-state index contributed by atoms with van der Waals surface area (Å²) >= 11 is 0. The van der Waals surface area contributed by atoms with E-state index in [4.69, 9.17) is 22.0 Å². The Balaban J connectivity index is 5.21. The molecular formula is C8H26N6O2P2S2. The van der Waals surface area contributed by atoms with Gasteiger partial charge >= 0.3 is 0 Å². The molecule has 0 rings (SSSR count). The second-order valence-corrected chi connectivity index (χ2v) is 12.3. The van der Waals surface area contributed by atoms with E-state index in [-0.39, 0.29) is 0 Å². The van der Waals surface area contributed by atoms with Gasteiger partial charge in [0.25, 0.3) is 15.2 Å². The third kappa shape index (κ3) is 6.79. The minimum absolute atomic E-state index is 0.548. The van der Waals surface area contributed by atoms with Crippen LogP contribution in [0.2, 0.25) is 0 Å². The molecule has 0 aromatic carbocycles. The van der Waals surface area contributed by atoms with Gasteiger partial charge in [-0.2, -0.15) is 8.15 Å². The zero-order valence-electron chi connectivity index (χ0n) is 12.7. The summed E-state index contributed by atoms with van der Waals surface area (Å²) in [5.74, 6) is 0. The molecule has 0 unspecified atom stereocenters. The smallest absolute Gasteiger partial charge is 0.270 e. The average molecular weight is 364 g/mol. The van der Waals surface area contributed by atoms with E-state index < -0.39 is 26.3 Å². The minimum atomic E-state index is -3.48. The molecule has 20 heavy (non-hydrogen) atoms. The van der Waals surface area contributed by atoms with Gasteiger partial charge in [0.15, 0.2) is 0 Å². The third-order valence-corrected chi connectivity index (χ3v) is 9.45. The van der Waals surface area contributed by atoms with E-state index in [0.717, 1.165) is 22.0 Å². The van der Waals surface area contributed by atoms with E-state index >= 15 is 0 Å². The van der Waals surface area contributed by atoms with Crippen molar-refractivity contribution in [2.24, 2.45) is 22.0 Å². The quantitative estimate of drug-likeness (QED) is 0.326. The molecule has 12 heteroatoms. The van der Waals surface area contributed by atoms with Gasteiger partial charge in [0.05, 0.1) is 0 Å². The van der Waals surface area contributed by atoms with Crippen LogP contribution in [0.25, 0.3) is 0 Å². The maximum absolute atomic E-state index is 12.0. The lowest BCUT2D eigenvalue weighted by molar-refractivity contribution is 0.373. The van der Waals surface area contributed by atoms with E-state index in [1.807, 2.05) is 41.5 Å². The van der Waals surface area contributed by atoms with Gasteiger partial charge in [-0.25, -0.2) is 0 Å². The third-order valence-electron chi connectivity index (χ3n) is 1.89. The van der Waals surface area contributed by atoms with Crippen molar-refractivity contribution in [3.63, 3.8) is 0 Å². The van der Waals surface area contributed by atoms with Crippen molar-refractivity contribution in [2.75, 3.05) is 0 Å². The number of nitrogens with two attached hydrogens (primary N) is 4. The van der Waals surface area contributed by atoms with Crippen LogP contribution in [0, 0.1) is 0 Å². The molecule has 122 valence electrons. The van der Waals surface area contributed by atoms with Gasteiger partial charge in [-0.3, -0.25) is 31.1 Å². The molecule has 0 spiro atoms. The zero-order valence-corrected chi connectivity index (χ0v) is 16.2. The van der Waals surface area contributed by atoms with E-state index in [1.165, 1.54) is 8.15 Å². The Morgan fingerprint density at radius 3 is 1.00 bits per heavy atom. The van der Waals surface area contributed by atoms with Crippen LogP contribution in [0.4, 0.5) is 0 Å². The maximum Gasteiger partial charge on any atom is 0.287 e. The van der Waals surface area contributed by atoms with Crippen molar-refractivity contribution in [1.82, 2.24) is 8.15 Å². The second-order valence-electron chi connectivity index (χ2n) is 6.38. The Hall–Kier alpha value is 0.920. The van der Waals surface area contributed by atoms with Gasteiger partial charge in [0, 0.05) is 33.0 Å². The Morgan fingerprint density at radius 1 is 0.700 bits per heavy atom. The predicted octanol–water partition coefficient (Wildman–Crippen LogP) is 2.45. The first-order valence-electron chi connectivity index (χ1n) is 5.78. The largest absolute Gasteiger partial charge is 0.287 e. The highest BCUT2D eigenvalue weighted by Gasteiger charge is 2.38. The molecule has 8 N–H and O–H groups in total. The molecule has 0 aliphatic carbocycles. The molecule has 0 atom stereocenters. The van der Waals surface area contributed by atoms with Crippen LogP contribution in [0.15, 0.2) is 0 Å². The van der Waals surface area contributed by atoms with Gasteiger partial charge in [-0.1, -0.05) is 0 Å². The van der Waals surface area contributed by atoms with Crippen molar-refractivity contribution in [1.29, 1.82) is 0 Å². The average Bonchev–Trinajstić information content (AvgIpc) is 2.02. The predicted molar refractivity (Wildman–Crippen MR) is 90.3 cm³/mol. The number of nitrogens with zero attached hydrogens (tertiary/aromatic N) is 2. The molecular weight excluding hydrogens is 338 g/mol. The van der Waals surface area contributed by atoms with Crippen molar-refractivity contribution >= 4 is 37.1 Å². The lowest BCUT2D eigenvalue weighted by Crippen LogP contribution is -2.40. The highest BCUT2D eigenvalue weighted by Crippen LogP contribution is 2.55. The van der Waals surface area contributed by atoms with Gasteiger partial charge in [-0.05, 0) is 41.5 Å². The van der Waals surface area contributed by atoms with Crippen LogP contribution < -0.4 is 22.0 Å². The monoisotopic (exact) mass is 364 g/mol. The van der Waals surface area contributed by atoms with E-state index in [9.17, 15) is 9.13 Å². The van der Waals surface area contributed by atoms with Gasteiger partial charge in [0.2, 0.25) is 0 Å². The highest BCUT2D eigenvalue weighted by molar-refractivity contribution is 8.76. The standard InChI is InChI=1S/C8H26N6O2P2S2/c1-7(2,3)13(17(9,10)15)19-20-14(8(4,5)6)18(11,12)16/h1-6H3,(H4,9,10,15)(H4,11,12,16). The first-order valence-corrected chi connectivity index (χ1v) is 11.4. The van der Waals surface area contributed by atoms with Crippen LogP contribution in [-0.4, -0.2) is 19.2 Å². The summed E-state index contributed by atoms with van der Waals surface area (Å²) in [6.07, 6.45) is 0. The molecule has 0 heterocycles. The van der Waals surface area contributed by atoms with Crippen LogP contribution >= 0.6 is 37.1 Å². The molecule has 0 radical (unpaired) electrons. The first-order chi connectivity index (χ1) is 8.47. The van der Waals surface area contributed by atoms with Crippen LogP contribution in [0.5, 0.6) is 0 Å². The van der Waals surface area contributed by atoms with Gasteiger partial charge in [0.1, 0.15) is 0 Å². The molecule has 0 bridgehead atoms.